The van der Waals surface area contributed by atoms with Gasteiger partial charge in [0, 0.05) is 18.1 Å². The van der Waals surface area contributed by atoms with Gasteiger partial charge in [-0.05, 0) is 17.7 Å². The minimum atomic E-state index is -0.608. The Hall–Kier alpha value is -0.950. The molecule has 1 aliphatic heterocycles. The smallest absolute Gasteiger partial charge is 0.242 e. The van der Waals surface area contributed by atoms with E-state index in [9.17, 15) is 4.79 Å². The van der Waals surface area contributed by atoms with Crippen LogP contribution >= 0.6 is 15.9 Å². The number of nitrogens with zero attached hydrogens (tertiary/aromatic N) is 1. The normalized spacial score (nSPS) is 20.8. The number of morpholine rings is 1. The quantitative estimate of drug-likeness (QED) is 0.896. The summed E-state index contributed by atoms with van der Waals surface area (Å²) >= 11 is 3.41. The number of benzene rings is 1. The lowest BCUT2D eigenvalue weighted by Gasteiger charge is -2.34. The number of nitrogens with two attached hydrogens (primary N) is 1. The highest BCUT2D eigenvalue weighted by Gasteiger charge is 2.28. The van der Waals surface area contributed by atoms with E-state index in [1.807, 2.05) is 24.3 Å². The van der Waals surface area contributed by atoms with Crippen LogP contribution in [-0.2, 0) is 14.3 Å². The maximum absolute atomic E-state index is 12.2. The van der Waals surface area contributed by atoms with Gasteiger partial charge in [0.05, 0.1) is 19.8 Å². The fourth-order valence-corrected chi connectivity index (χ4v) is 2.48. The molecule has 0 aromatic heterocycles. The zero-order chi connectivity index (χ0) is 14.5. The molecule has 1 saturated heterocycles. The second-order valence-corrected chi connectivity index (χ2v) is 5.67. The number of hydrogen-bond donors (Lipinski definition) is 1. The van der Waals surface area contributed by atoms with Gasteiger partial charge < -0.3 is 20.1 Å². The summed E-state index contributed by atoms with van der Waals surface area (Å²) in [4.78, 5) is 13.9. The van der Waals surface area contributed by atoms with Crippen LogP contribution in [0.25, 0.3) is 0 Å². The van der Waals surface area contributed by atoms with E-state index in [4.69, 9.17) is 15.2 Å². The first-order valence-electron chi connectivity index (χ1n) is 6.52. The van der Waals surface area contributed by atoms with Crippen LogP contribution in [-0.4, -0.2) is 50.3 Å². The summed E-state index contributed by atoms with van der Waals surface area (Å²) in [5, 5.41) is 0. The number of halogens is 1. The van der Waals surface area contributed by atoms with E-state index in [-0.39, 0.29) is 18.6 Å². The first-order chi connectivity index (χ1) is 9.61. The van der Waals surface area contributed by atoms with Gasteiger partial charge in [0.15, 0.2) is 0 Å². The van der Waals surface area contributed by atoms with E-state index < -0.39 is 6.04 Å². The van der Waals surface area contributed by atoms with Gasteiger partial charge in [0.25, 0.3) is 0 Å². The number of methoxy groups -OCH3 is 1. The van der Waals surface area contributed by atoms with Gasteiger partial charge in [0.2, 0.25) is 5.91 Å². The molecule has 0 saturated carbocycles. The average Bonchev–Trinajstić information content (AvgIpc) is 2.47. The van der Waals surface area contributed by atoms with Crippen molar-refractivity contribution in [3.05, 3.63) is 34.3 Å². The Morgan fingerprint density at radius 1 is 1.55 bits per heavy atom. The van der Waals surface area contributed by atoms with Gasteiger partial charge >= 0.3 is 0 Å². The molecule has 1 aromatic carbocycles. The molecule has 1 aromatic rings. The number of rotatable bonds is 4. The van der Waals surface area contributed by atoms with Crippen molar-refractivity contribution in [2.24, 2.45) is 5.73 Å². The first-order valence-corrected chi connectivity index (χ1v) is 7.31. The Morgan fingerprint density at radius 3 is 2.90 bits per heavy atom. The predicted octanol–water partition coefficient (Wildman–Crippen LogP) is 1.32. The molecule has 6 heteroatoms. The molecule has 1 aliphatic rings. The Balaban J connectivity index is 2.01. The van der Waals surface area contributed by atoms with E-state index in [0.717, 1.165) is 10.0 Å². The Labute approximate surface area is 127 Å². The minimum Gasteiger partial charge on any atom is -0.383 e. The van der Waals surface area contributed by atoms with Crippen molar-refractivity contribution in [1.29, 1.82) is 0 Å². The lowest BCUT2D eigenvalue weighted by molar-refractivity contribution is -0.141. The molecule has 2 rings (SSSR count). The van der Waals surface area contributed by atoms with Crippen molar-refractivity contribution in [1.82, 2.24) is 4.90 Å². The predicted molar refractivity (Wildman–Crippen MR) is 79.3 cm³/mol. The highest BCUT2D eigenvalue weighted by molar-refractivity contribution is 9.10. The molecule has 2 unspecified atom stereocenters. The van der Waals surface area contributed by atoms with Crippen molar-refractivity contribution in [2.75, 3.05) is 33.4 Å². The molecule has 0 radical (unpaired) electrons. The zero-order valence-corrected chi connectivity index (χ0v) is 13.0. The number of carbonyl (C=O) groups is 1. The molecule has 0 aliphatic carbocycles. The van der Waals surface area contributed by atoms with Gasteiger partial charge in [-0.3, -0.25) is 4.79 Å². The van der Waals surface area contributed by atoms with Crippen LogP contribution in [0.2, 0.25) is 0 Å². The third-order valence-electron chi connectivity index (χ3n) is 3.28. The van der Waals surface area contributed by atoms with Crippen molar-refractivity contribution in [3.8, 4) is 0 Å². The minimum absolute atomic E-state index is 0.0859. The summed E-state index contributed by atoms with van der Waals surface area (Å²) in [5.41, 5.74) is 6.86. The zero-order valence-electron chi connectivity index (χ0n) is 11.4. The molecule has 5 nitrogen and oxygen atoms in total. The van der Waals surface area contributed by atoms with E-state index >= 15 is 0 Å². The van der Waals surface area contributed by atoms with E-state index in [1.54, 1.807) is 4.90 Å². The average molecular weight is 343 g/mol. The van der Waals surface area contributed by atoms with Gasteiger partial charge in [-0.1, -0.05) is 28.1 Å². The standard InChI is InChI=1S/C14H19BrN2O3/c1-19-9-12(16)14(18)17-6-7-20-13(8-17)10-2-4-11(15)5-3-10/h2-5,12-13H,6-9,16H2,1H3. The molecule has 1 fully saturated rings. The SMILES string of the molecule is COCC(N)C(=O)N1CCOC(c2ccc(Br)cc2)C1. The van der Waals surface area contributed by atoms with E-state index in [0.29, 0.717) is 19.7 Å². The summed E-state index contributed by atoms with van der Waals surface area (Å²) in [6.45, 7) is 1.85. The van der Waals surface area contributed by atoms with Gasteiger partial charge in [-0.15, -0.1) is 0 Å². The number of carbonyl (C=O) groups excluding carboxylic acids is 1. The summed E-state index contributed by atoms with van der Waals surface area (Å²) in [7, 11) is 1.54. The molecule has 110 valence electrons. The van der Waals surface area contributed by atoms with Gasteiger partial charge in [-0.25, -0.2) is 0 Å². The largest absolute Gasteiger partial charge is 0.383 e. The summed E-state index contributed by atoms with van der Waals surface area (Å²) in [5.74, 6) is -0.0859. The Morgan fingerprint density at radius 2 is 2.25 bits per heavy atom. The van der Waals surface area contributed by atoms with E-state index in [2.05, 4.69) is 15.9 Å². The molecule has 0 spiro atoms. The lowest BCUT2D eigenvalue weighted by atomic mass is 10.1. The highest BCUT2D eigenvalue weighted by Crippen LogP contribution is 2.24. The lowest BCUT2D eigenvalue weighted by Crippen LogP contribution is -2.50. The van der Waals surface area contributed by atoms with Crippen molar-refractivity contribution < 1.29 is 14.3 Å². The van der Waals surface area contributed by atoms with Crippen molar-refractivity contribution in [2.45, 2.75) is 12.1 Å². The maximum atomic E-state index is 12.2. The van der Waals surface area contributed by atoms with Crippen molar-refractivity contribution in [3.63, 3.8) is 0 Å². The topological polar surface area (TPSA) is 64.8 Å². The number of amides is 1. The van der Waals surface area contributed by atoms with Crippen LogP contribution in [0.5, 0.6) is 0 Å². The summed E-state index contributed by atoms with van der Waals surface area (Å²) in [6.07, 6.45) is -0.101. The summed E-state index contributed by atoms with van der Waals surface area (Å²) < 4.78 is 11.7. The Bertz CT molecular complexity index is 452. The molecular weight excluding hydrogens is 324 g/mol. The molecule has 1 amide bonds. The maximum Gasteiger partial charge on any atom is 0.242 e. The van der Waals surface area contributed by atoms with Crippen LogP contribution in [0.1, 0.15) is 11.7 Å². The Kier molecular flexibility index (Phi) is 5.54. The van der Waals surface area contributed by atoms with Crippen LogP contribution in [0.15, 0.2) is 28.7 Å². The van der Waals surface area contributed by atoms with Crippen LogP contribution in [0, 0.1) is 0 Å². The van der Waals surface area contributed by atoms with Crippen LogP contribution < -0.4 is 5.73 Å². The van der Waals surface area contributed by atoms with E-state index in [1.165, 1.54) is 7.11 Å². The molecule has 20 heavy (non-hydrogen) atoms. The molecular formula is C14H19BrN2O3. The number of ether oxygens (including phenoxy) is 2. The molecule has 2 N–H and O–H groups in total. The third-order valence-corrected chi connectivity index (χ3v) is 3.81. The van der Waals surface area contributed by atoms with Crippen molar-refractivity contribution >= 4 is 21.8 Å². The highest BCUT2D eigenvalue weighted by atomic mass is 79.9. The fourth-order valence-electron chi connectivity index (χ4n) is 2.21. The first kappa shape index (κ1) is 15.4. The second kappa shape index (κ2) is 7.17. The summed E-state index contributed by atoms with van der Waals surface area (Å²) in [6, 6.07) is 7.32. The monoisotopic (exact) mass is 342 g/mol. The molecule has 2 atom stereocenters. The number of hydrogen-bond acceptors (Lipinski definition) is 4. The van der Waals surface area contributed by atoms with Crippen LogP contribution in [0.4, 0.5) is 0 Å². The third kappa shape index (κ3) is 3.79. The van der Waals surface area contributed by atoms with Gasteiger partial charge in [0.1, 0.15) is 12.1 Å². The molecule has 1 heterocycles. The van der Waals surface area contributed by atoms with Crippen LogP contribution in [0.3, 0.4) is 0 Å². The fraction of sp³-hybridized carbons (Fsp3) is 0.500. The second-order valence-electron chi connectivity index (χ2n) is 4.76. The van der Waals surface area contributed by atoms with Gasteiger partial charge in [-0.2, -0.15) is 0 Å². The molecule has 0 bridgehead atoms.